The first-order valence-corrected chi connectivity index (χ1v) is 8.77. The molecule has 1 aliphatic heterocycles. The number of rotatable bonds is 8. The van der Waals surface area contributed by atoms with Crippen molar-refractivity contribution in [2.45, 2.75) is 32.6 Å². The van der Waals surface area contributed by atoms with E-state index in [0.29, 0.717) is 30.1 Å². The second-order valence-corrected chi connectivity index (χ2v) is 6.87. The number of nitrogens with one attached hydrogen (secondary N) is 2. The minimum absolute atomic E-state index is 0.0773. The van der Waals surface area contributed by atoms with Gasteiger partial charge >= 0.3 is 0 Å². The Morgan fingerprint density at radius 2 is 1.72 bits per heavy atom. The van der Waals surface area contributed by atoms with Crippen LogP contribution in [0, 0.1) is 5.41 Å². The van der Waals surface area contributed by atoms with E-state index >= 15 is 0 Å². The van der Waals surface area contributed by atoms with Gasteiger partial charge in [0.05, 0.1) is 21.3 Å². The lowest BCUT2D eigenvalue weighted by molar-refractivity contribution is -0.121. The fourth-order valence-corrected chi connectivity index (χ4v) is 3.15. The molecule has 1 aromatic carbocycles. The van der Waals surface area contributed by atoms with Crippen LogP contribution in [0.1, 0.15) is 31.7 Å². The number of hydrogen-bond donors (Lipinski definition) is 2. The Labute approximate surface area is 150 Å². The van der Waals surface area contributed by atoms with Crippen molar-refractivity contribution in [3.63, 3.8) is 0 Å². The van der Waals surface area contributed by atoms with Gasteiger partial charge in [-0.05, 0) is 55.5 Å². The molecular formula is C19H30N2O4. The first kappa shape index (κ1) is 19.4. The Bertz CT molecular complexity index is 558. The molecule has 0 saturated carbocycles. The van der Waals surface area contributed by atoms with Gasteiger partial charge < -0.3 is 24.8 Å². The lowest BCUT2D eigenvalue weighted by Gasteiger charge is -2.34. The van der Waals surface area contributed by atoms with E-state index in [-0.39, 0.29) is 11.3 Å². The van der Waals surface area contributed by atoms with Gasteiger partial charge in [0.25, 0.3) is 0 Å². The summed E-state index contributed by atoms with van der Waals surface area (Å²) in [6.45, 7) is 5.03. The molecule has 0 spiro atoms. The van der Waals surface area contributed by atoms with Gasteiger partial charge in [-0.3, -0.25) is 4.79 Å². The molecule has 1 amide bonds. The van der Waals surface area contributed by atoms with Crippen molar-refractivity contribution in [3.05, 3.63) is 17.7 Å². The fourth-order valence-electron chi connectivity index (χ4n) is 3.15. The topological polar surface area (TPSA) is 68.8 Å². The number of hydrogen-bond acceptors (Lipinski definition) is 5. The fraction of sp³-hybridized carbons (Fsp3) is 0.632. The van der Waals surface area contributed by atoms with Crippen LogP contribution in [0.4, 0.5) is 0 Å². The zero-order valence-electron chi connectivity index (χ0n) is 15.7. The van der Waals surface area contributed by atoms with E-state index in [1.807, 2.05) is 12.1 Å². The average Bonchev–Trinajstić information content (AvgIpc) is 2.64. The average molecular weight is 350 g/mol. The van der Waals surface area contributed by atoms with Crippen LogP contribution in [0.2, 0.25) is 0 Å². The van der Waals surface area contributed by atoms with Crippen molar-refractivity contribution in [2.24, 2.45) is 5.41 Å². The SMILES string of the molecule is COc1cc(CCC(=O)NCC2(C)CCNCC2)cc(OC)c1OC. The first-order chi connectivity index (χ1) is 12.0. The number of methoxy groups -OCH3 is 3. The van der Waals surface area contributed by atoms with E-state index in [0.717, 1.165) is 38.0 Å². The lowest BCUT2D eigenvalue weighted by Crippen LogP contribution is -2.42. The van der Waals surface area contributed by atoms with Gasteiger partial charge in [0.2, 0.25) is 11.7 Å². The molecule has 0 radical (unpaired) electrons. The van der Waals surface area contributed by atoms with E-state index in [2.05, 4.69) is 17.6 Å². The summed E-state index contributed by atoms with van der Waals surface area (Å²) in [6.07, 6.45) is 3.26. The number of amides is 1. The van der Waals surface area contributed by atoms with Gasteiger partial charge in [-0.25, -0.2) is 0 Å². The summed E-state index contributed by atoms with van der Waals surface area (Å²) in [5, 5.41) is 6.45. The maximum atomic E-state index is 12.2. The molecule has 1 aliphatic rings. The largest absolute Gasteiger partial charge is 0.493 e. The molecule has 0 bridgehead atoms. The molecule has 0 atom stereocenters. The molecule has 0 unspecified atom stereocenters. The third kappa shape index (κ3) is 5.26. The van der Waals surface area contributed by atoms with E-state index in [1.165, 1.54) is 0 Å². The quantitative estimate of drug-likeness (QED) is 0.752. The summed E-state index contributed by atoms with van der Waals surface area (Å²) < 4.78 is 16.0. The molecule has 1 saturated heterocycles. The van der Waals surface area contributed by atoms with Gasteiger partial charge in [0.1, 0.15) is 0 Å². The Hall–Kier alpha value is -1.95. The molecule has 140 valence electrons. The predicted molar refractivity (Wildman–Crippen MR) is 97.6 cm³/mol. The number of benzene rings is 1. The van der Waals surface area contributed by atoms with Crippen molar-refractivity contribution in [3.8, 4) is 17.2 Å². The minimum atomic E-state index is 0.0773. The highest BCUT2D eigenvalue weighted by Gasteiger charge is 2.26. The maximum absolute atomic E-state index is 12.2. The smallest absolute Gasteiger partial charge is 0.220 e. The van der Waals surface area contributed by atoms with Crippen molar-refractivity contribution < 1.29 is 19.0 Å². The van der Waals surface area contributed by atoms with Crippen LogP contribution in [0.25, 0.3) is 0 Å². The van der Waals surface area contributed by atoms with E-state index < -0.39 is 0 Å². The van der Waals surface area contributed by atoms with Crippen molar-refractivity contribution in [1.29, 1.82) is 0 Å². The van der Waals surface area contributed by atoms with Crippen LogP contribution in [-0.2, 0) is 11.2 Å². The molecule has 0 aromatic heterocycles. The van der Waals surface area contributed by atoms with Gasteiger partial charge in [0, 0.05) is 13.0 Å². The highest BCUT2D eigenvalue weighted by atomic mass is 16.5. The van der Waals surface area contributed by atoms with Crippen molar-refractivity contribution in [2.75, 3.05) is 41.0 Å². The van der Waals surface area contributed by atoms with Crippen molar-refractivity contribution >= 4 is 5.91 Å². The summed E-state index contributed by atoms with van der Waals surface area (Å²) in [4.78, 5) is 12.2. The molecule has 25 heavy (non-hydrogen) atoms. The van der Waals surface area contributed by atoms with Crippen LogP contribution >= 0.6 is 0 Å². The van der Waals surface area contributed by atoms with E-state index in [1.54, 1.807) is 21.3 Å². The van der Waals surface area contributed by atoms with Crippen LogP contribution in [0.5, 0.6) is 17.2 Å². The summed E-state index contributed by atoms with van der Waals surface area (Å²) in [5.41, 5.74) is 1.19. The predicted octanol–water partition coefficient (Wildman–Crippen LogP) is 2.15. The molecular weight excluding hydrogens is 320 g/mol. The normalized spacial score (nSPS) is 16.2. The number of carbonyl (C=O) groups is 1. The monoisotopic (exact) mass is 350 g/mol. The molecule has 1 heterocycles. The lowest BCUT2D eigenvalue weighted by atomic mass is 9.81. The van der Waals surface area contributed by atoms with Crippen molar-refractivity contribution in [1.82, 2.24) is 10.6 Å². The zero-order valence-corrected chi connectivity index (χ0v) is 15.7. The van der Waals surface area contributed by atoms with Gasteiger partial charge in [0.15, 0.2) is 11.5 Å². The van der Waals surface area contributed by atoms with Crippen LogP contribution in [0.3, 0.4) is 0 Å². The Kier molecular flexibility index (Phi) is 6.93. The van der Waals surface area contributed by atoms with Gasteiger partial charge in [-0.1, -0.05) is 6.92 Å². The third-order valence-electron chi connectivity index (χ3n) is 4.89. The summed E-state index contributed by atoms with van der Waals surface area (Å²) in [7, 11) is 4.76. The van der Waals surface area contributed by atoms with E-state index in [9.17, 15) is 4.79 Å². The molecule has 6 heteroatoms. The second-order valence-electron chi connectivity index (χ2n) is 6.87. The van der Waals surface area contributed by atoms with E-state index in [4.69, 9.17) is 14.2 Å². The summed E-state index contributed by atoms with van der Waals surface area (Å²) in [6, 6.07) is 3.78. The number of aryl methyl sites for hydroxylation is 1. The number of carbonyl (C=O) groups excluding carboxylic acids is 1. The van der Waals surface area contributed by atoms with Gasteiger partial charge in [-0.2, -0.15) is 0 Å². The van der Waals surface area contributed by atoms with Gasteiger partial charge in [-0.15, -0.1) is 0 Å². The first-order valence-electron chi connectivity index (χ1n) is 8.77. The van der Waals surface area contributed by atoms with Crippen LogP contribution in [-0.4, -0.2) is 46.9 Å². The minimum Gasteiger partial charge on any atom is -0.493 e. The van der Waals surface area contributed by atoms with Crippen LogP contribution < -0.4 is 24.8 Å². The number of ether oxygens (including phenoxy) is 3. The maximum Gasteiger partial charge on any atom is 0.220 e. The zero-order chi connectivity index (χ0) is 18.3. The molecule has 1 fully saturated rings. The molecule has 6 nitrogen and oxygen atoms in total. The van der Waals surface area contributed by atoms with Crippen LogP contribution in [0.15, 0.2) is 12.1 Å². The molecule has 2 rings (SSSR count). The summed E-state index contributed by atoms with van der Waals surface area (Å²) in [5.74, 6) is 1.87. The molecule has 1 aromatic rings. The Balaban J connectivity index is 1.90. The Morgan fingerprint density at radius 3 is 2.24 bits per heavy atom. The Morgan fingerprint density at radius 1 is 1.12 bits per heavy atom. The number of piperidine rings is 1. The molecule has 0 aliphatic carbocycles. The standard InChI is InChI=1S/C19H30N2O4/c1-19(7-9-20-10-8-19)13-21-17(22)6-5-14-11-15(23-2)18(25-4)16(12-14)24-3/h11-12,20H,5-10,13H2,1-4H3,(H,21,22). The highest BCUT2D eigenvalue weighted by molar-refractivity contribution is 5.76. The summed E-state index contributed by atoms with van der Waals surface area (Å²) >= 11 is 0. The second kappa shape index (κ2) is 8.94. The molecule has 2 N–H and O–H groups in total. The third-order valence-corrected chi connectivity index (χ3v) is 4.89. The highest BCUT2D eigenvalue weighted by Crippen LogP contribution is 2.38.